The van der Waals surface area contributed by atoms with Crippen molar-refractivity contribution in [1.29, 1.82) is 0 Å². The van der Waals surface area contributed by atoms with Gasteiger partial charge in [-0.05, 0) is 58.2 Å². The zero-order chi connectivity index (χ0) is 37.0. The Bertz CT molecular complexity index is 2800. The molecule has 56 heavy (non-hydrogen) atoms. The molecule has 3 heterocycles. The van der Waals surface area contributed by atoms with Crippen molar-refractivity contribution in [3.8, 4) is 56.4 Å². The van der Waals surface area contributed by atoms with Crippen molar-refractivity contribution < 1.29 is 4.42 Å². The summed E-state index contributed by atoms with van der Waals surface area (Å²) in [6, 6.07) is 63.6. The molecule has 11 rings (SSSR count). The summed E-state index contributed by atoms with van der Waals surface area (Å²) in [6.07, 6.45) is 4.44. The molecule has 5 nitrogen and oxygen atoms in total. The van der Waals surface area contributed by atoms with Gasteiger partial charge in [0.05, 0.1) is 6.04 Å². The van der Waals surface area contributed by atoms with Gasteiger partial charge in [0, 0.05) is 44.9 Å². The van der Waals surface area contributed by atoms with Gasteiger partial charge in [0.2, 0.25) is 0 Å². The van der Waals surface area contributed by atoms with Crippen molar-refractivity contribution in [2.75, 3.05) is 4.90 Å². The Morgan fingerprint density at radius 2 is 0.929 bits per heavy atom. The van der Waals surface area contributed by atoms with E-state index in [-0.39, 0.29) is 12.0 Å². The lowest BCUT2D eigenvalue weighted by Gasteiger charge is -2.30. The molecule has 2 aromatic heterocycles. The number of furan rings is 1. The summed E-state index contributed by atoms with van der Waals surface area (Å²) in [5, 5.41) is 1.11. The fourth-order valence-corrected chi connectivity index (χ4v) is 8.44. The molecule has 264 valence electrons. The van der Waals surface area contributed by atoms with Gasteiger partial charge in [-0.2, -0.15) is 0 Å². The summed E-state index contributed by atoms with van der Waals surface area (Å²) in [6.45, 7) is 0. The van der Waals surface area contributed by atoms with E-state index in [1.807, 2.05) is 12.1 Å². The standard InChI is InChI=1S/C51H34N4O/c1-4-12-33(13-5-1)35-20-24-37(25-21-35)49-52-50(38-26-22-36(23-27-38)34-14-6-2-7-15-34)54-51(53-49)39-28-29-42-46(32-39)56-45-31-30-44-47(48(42)45)41-18-10-11-19-43(41)55(44)40-16-8-3-9-17-40/h1-32,44,47H. The number of rotatable bonds is 6. The largest absolute Gasteiger partial charge is 0.456 e. The second-order valence-electron chi connectivity index (χ2n) is 14.4. The van der Waals surface area contributed by atoms with Crippen LogP contribution in [0.4, 0.5) is 11.4 Å². The summed E-state index contributed by atoms with van der Waals surface area (Å²) in [4.78, 5) is 17.7. The van der Waals surface area contributed by atoms with E-state index >= 15 is 0 Å². The number of aromatic nitrogens is 3. The lowest BCUT2D eigenvalue weighted by molar-refractivity contribution is 0.584. The van der Waals surface area contributed by atoms with Crippen LogP contribution < -0.4 is 4.90 Å². The van der Waals surface area contributed by atoms with E-state index in [4.69, 9.17) is 19.4 Å². The molecule has 0 saturated heterocycles. The Morgan fingerprint density at radius 1 is 0.446 bits per heavy atom. The maximum Gasteiger partial charge on any atom is 0.164 e. The van der Waals surface area contributed by atoms with E-state index in [9.17, 15) is 0 Å². The van der Waals surface area contributed by atoms with Crippen LogP contribution in [0.1, 0.15) is 22.8 Å². The predicted octanol–water partition coefficient (Wildman–Crippen LogP) is 12.6. The lowest BCUT2D eigenvalue weighted by atomic mass is 9.82. The van der Waals surface area contributed by atoms with Gasteiger partial charge in [-0.1, -0.05) is 164 Å². The zero-order valence-electron chi connectivity index (χ0n) is 30.3. The van der Waals surface area contributed by atoms with Crippen molar-refractivity contribution in [2.45, 2.75) is 12.0 Å². The normalized spacial score (nSPS) is 15.4. The number of hydrogen-bond donors (Lipinski definition) is 0. The molecule has 0 bridgehead atoms. The highest BCUT2D eigenvalue weighted by atomic mass is 16.3. The Balaban J connectivity index is 1.01. The SMILES string of the molecule is C1=CC2C(c3ccccc3N2c2ccccc2)c2c1oc1cc(-c3nc(-c4ccc(-c5ccccc5)cc4)nc(-c4ccc(-c5ccccc5)cc4)n3)ccc21. The summed E-state index contributed by atoms with van der Waals surface area (Å²) >= 11 is 0. The van der Waals surface area contributed by atoms with Crippen LogP contribution in [-0.2, 0) is 0 Å². The summed E-state index contributed by atoms with van der Waals surface area (Å²) in [5.74, 6) is 2.86. The number of para-hydroxylation sites is 2. The minimum absolute atomic E-state index is 0.131. The number of benzene rings is 7. The second-order valence-corrected chi connectivity index (χ2v) is 14.4. The van der Waals surface area contributed by atoms with E-state index in [0.29, 0.717) is 17.5 Å². The summed E-state index contributed by atoms with van der Waals surface area (Å²) < 4.78 is 6.68. The Hall–Kier alpha value is -7.37. The molecule has 5 heteroatoms. The average Bonchev–Trinajstić information content (AvgIpc) is 3.82. The molecular formula is C51H34N4O. The molecule has 2 atom stereocenters. The van der Waals surface area contributed by atoms with E-state index in [2.05, 4.69) is 187 Å². The first kappa shape index (κ1) is 32.1. The highest BCUT2D eigenvalue weighted by Gasteiger charge is 2.43. The molecule has 2 aliphatic rings. The molecule has 0 saturated carbocycles. The first-order valence-electron chi connectivity index (χ1n) is 19.0. The molecule has 0 amide bonds. The highest BCUT2D eigenvalue weighted by Crippen LogP contribution is 2.53. The zero-order valence-corrected chi connectivity index (χ0v) is 30.3. The average molecular weight is 719 g/mol. The topological polar surface area (TPSA) is 55.1 Å². The van der Waals surface area contributed by atoms with Crippen LogP contribution in [0.3, 0.4) is 0 Å². The molecule has 2 unspecified atom stereocenters. The fourth-order valence-electron chi connectivity index (χ4n) is 8.44. The maximum atomic E-state index is 6.68. The lowest BCUT2D eigenvalue weighted by Crippen LogP contribution is -2.30. The third kappa shape index (κ3) is 5.44. The minimum Gasteiger partial charge on any atom is -0.456 e. The first-order valence-corrected chi connectivity index (χ1v) is 19.0. The quantitative estimate of drug-likeness (QED) is 0.171. The van der Waals surface area contributed by atoms with E-state index in [0.717, 1.165) is 44.5 Å². The van der Waals surface area contributed by atoms with Gasteiger partial charge < -0.3 is 9.32 Å². The molecule has 0 spiro atoms. The molecule has 1 aliphatic heterocycles. The monoisotopic (exact) mass is 718 g/mol. The highest BCUT2D eigenvalue weighted by molar-refractivity contribution is 5.92. The molecule has 0 radical (unpaired) electrons. The third-order valence-corrected chi connectivity index (χ3v) is 11.1. The summed E-state index contributed by atoms with van der Waals surface area (Å²) in [5.41, 5.74) is 13.1. The van der Waals surface area contributed by atoms with Gasteiger partial charge in [-0.25, -0.2) is 15.0 Å². The van der Waals surface area contributed by atoms with Crippen LogP contribution in [0, 0.1) is 0 Å². The van der Waals surface area contributed by atoms with Crippen molar-refractivity contribution in [3.05, 3.63) is 205 Å². The number of nitrogens with zero attached hydrogens (tertiary/aromatic N) is 4. The molecule has 1 aliphatic carbocycles. The van der Waals surface area contributed by atoms with Crippen LogP contribution in [0.5, 0.6) is 0 Å². The Labute approximate surface area is 324 Å². The van der Waals surface area contributed by atoms with E-state index in [1.165, 1.54) is 33.6 Å². The second kappa shape index (κ2) is 13.2. The van der Waals surface area contributed by atoms with Gasteiger partial charge in [-0.3, -0.25) is 0 Å². The van der Waals surface area contributed by atoms with Gasteiger partial charge in [0.15, 0.2) is 17.5 Å². The van der Waals surface area contributed by atoms with Crippen LogP contribution in [0.25, 0.3) is 73.5 Å². The third-order valence-electron chi connectivity index (χ3n) is 11.1. The van der Waals surface area contributed by atoms with Crippen LogP contribution in [-0.4, -0.2) is 21.0 Å². The van der Waals surface area contributed by atoms with Crippen molar-refractivity contribution in [3.63, 3.8) is 0 Å². The number of hydrogen-bond acceptors (Lipinski definition) is 5. The van der Waals surface area contributed by atoms with Crippen LogP contribution >= 0.6 is 0 Å². The molecule has 9 aromatic rings. The number of fused-ring (bicyclic) bond motifs is 7. The Morgan fingerprint density at radius 3 is 1.54 bits per heavy atom. The van der Waals surface area contributed by atoms with Crippen molar-refractivity contribution >= 4 is 28.4 Å². The minimum atomic E-state index is 0.131. The Kier molecular flexibility index (Phi) is 7.56. The number of anilines is 2. The maximum absolute atomic E-state index is 6.68. The molecule has 0 N–H and O–H groups in total. The summed E-state index contributed by atoms with van der Waals surface area (Å²) in [7, 11) is 0. The predicted molar refractivity (Wildman–Crippen MR) is 226 cm³/mol. The first-order chi connectivity index (χ1) is 27.7. The molecular weight excluding hydrogens is 685 g/mol. The van der Waals surface area contributed by atoms with Crippen LogP contribution in [0.2, 0.25) is 0 Å². The molecule has 0 fully saturated rings. The van der Waals surface area contributed by atoms with E-state index in [1.54, 1.807) is 0 Å². The smallest absolute Gasteiger partial charge is 0.164 e. The van der Waals surface area contributed by atoms with Crippen LogP contribution in [0.15, 0.2) is 192 Å². The van der Waals surface area contributed by atoms with Crippen molar-refractivity contribution in [1.82, 2.24) is 15.0 Å². The van der Waals surface area contributed by atoms with Crippen molar-refractivity contribution in [2.24, 2.45) is 0 Å². The van der Waals surface area contributed by atoms with Gasteiger partial charge >= 0.3 is 0 Å². The van der Waals surface area contributed by atoms with Gasteiger partial charge in [-0.15, -0.1) is 0 Å². The van der Waals surface area contributed by atoms with Gasteiger partial charge in [0.1, 0.15) is 11.3 Å². The molecule has 7 aromatic carbocycles. The van der Waals surface area contributed by atoms with Gasteiger partial charge in [0.25, 0.3) is 0 Å². The fraction of sp³-hybridized carbons (Fsp3) is 0.0392. The van der Waals surface area contributed by atoms with E-state index < -0.39 is 0 Å².